The zero-order valence-corrected chi connectivity index (χ0v) is 14.7. The number of Topliss-reactive ketones (excluding diaryl/α,β-unsaturated/α-hetero) is 1. The fraction of sp³-hybridized carbons (Fsp3) is 0.632. The van der Waals surface area contributed by atoms with E-state index in [-0.39, 0.29) is 18.0 Å². The van der Waals surface area contributed by atoms with Crippen molar-refractivity contribution in [1.29, 1.82) is 0 Å². The number of ether oxygens (including phenoxy) is 1. The maximum absolute atomic E-state index is 12.1. The monoisotopic (exact) mass is 322 g/mol. The Morgan fingerprint density at radius 1 is 1.22 bits per heavy atom. The van der Waals surface area contributed by atoms with Crippen LogP contribution < -0.4 is 4.74 Å². The summed E-state index contributed by atoms with van der Waals surface area (Å²) in [6, 6.07) is 4.86. The highest BCUT2D eigenvalue weighted by Gasteiger charge is 2.19. The average Bonchev–Trinajstić information content (AvgIpc) is 2.48. The summed E-state index contributed by atoms with van der Waals surface area (Å²) in [7, 11) is 1.47. The Labute approximate surface area is 139 Å². The van der Waals surface area contributed by atoms with Gasteiger partial charge in [0.15, 0.2) is 17.3 Å². The van der Waals surface area contributed by atoms with E-state index >= 15 is 0 Å². The summed E-state index contributed by atoms with van der Waals surface area (Å²) in [5.74, 6) is 1.27. The van der Waals surface area contributed by atoms with E-state index in [0.29, 0.717) is 24.0 Å². The molecule has 0 aliphatic carbocycles. The number of phenols is 1. The molecule has 1 aromatic carbocycles. The molecule has 4 heteroatoms. The summed E-state index contributed by atoms with van der Waals surface area (Å²) in [5, 5.41) is 19.7. The molecule has 0 aliphatic rings. The molecule has 1 rings (SSSR count). The van der Waals surface area contributed by atoms with E-state index in [4.69, 9.17) is 4.74 Å². The molecule has 0 saturated heterocycles. The molecule has 23 heavy (non-hydrogen) atoms. The molecule has 0 bridgehead atoms. The van der Waals surface area contributed by atoms with Crippen LogP contribution in [0, 0.1) is 11.8 Å². The van der Waals surface area contributed by atoms with Crippen molar-refractivity contribution >= 4 is 5.78 Å². The van der Waals surface area contributed by atoms with Crippen LogP contribution in [0.3, 0.4) is 0 Å². The van der Waals surface area contributed by atoms with Crippen molar-refractivity contribution in [2.24, 2.45) is 11.8 Å². The van der Waals surface area contributed by atoms with Gasteiger partial charge in [0.25, 0.3) is 0 Å². The van der Waals surface area contributed by atoms with E-state index in [9.17, 15) is 15.0 Å². The average molecular weight is 322 g/mol. The van der Waals surface area contributed by atoms with Gasteiger partial charge in [-0.3, -0.25) is 4.79 Å². The minimum absolute atomic E-state index is 0.0517. The van der Waals surface area contributed by atoms with Crippen molar-refractivity contribution in [3.63, 3.8) is 0 Å². The van der Waals surface area contributed by atoms with Crippen molar-refractivity contribution in [2.75, 3.05) is 7.11 Å². The van der Waals surface area contributed by atoms with Gasteiger partial charge in [0.2, 0.25) is 0 Å². The molecule has 2 N–H and O–H groups in total. The molecule has 130 valence electrons. The van der Waals surface area contributed by atoms with E-state index in [0.717, 1.165) is 18.4 Å². The van der Waals surface area contributed by atoms with E-state index in [1.165, 1.54) is 19.6 Å². The number of benzene rings is 1. The highest BCUT2D eigenvalue weighted by Crippen LogP contribution is 2.27. The number of methoxy groups -OCH3 is 1. The number of phenolic OH excluding ortho intramolecular Hbond substituents is 1. The van der Waals surface area contributed by atoms with Gasteiger partial charge < -0.3 is 14.9 Å². The summed E-state index contributed by atoms with van der Waals surface area (Å²) in [4.78, 5) is 12.1. The van der Waals surface area contributed by atoms with Gasteiger partial charge in [-0.25, -0.2) is 0 Å². The number of ketones is 1. The molecule has 0 radical (unpaired) electrons. The van der Waals surface area contributed by atoms with Crippen LogP contribution in [0.25, 0.3) is 0 Å². The Morgan fingerprint density at radius 2 is 1.91 bits per heavy atom. The number of aliphatic hydroxyl groups excluding tert-OH is 1. The van der Waals surface area contributed by atoms with Gasteiger partial charge >= 0.3 is 0 Å². The molecular formula is C19H30O4. The predicted molar refractivity (Wildman–Crippen MR) is 91.8 cm³/mol. The number of carbonyl (C=O) groups is 1. The van der Waals surface area contributed by atoms with Crippen LogP contribution in [0.5, 0.6) is 11.5 Å². The number of rotatable bonds is 10. The van der Waals surface area contributed by atoms with Crippen molar-refractivity contribution in [2.45, 2.75) is 59.0 Å². The van der Waals surface area contributed by atoms with E-state index < -0.39 is 6.10 Å². The molecule has 4 nitrogen and oxygen atoms in total. The van der Waals surface area contributed by atoms with Crippen LogP contribution in [0.15, 0.2) is 18.2 Å². The predicted octanol–water partition coefficient (Wildman–Crippen LogP) is 3.73. The van der Waals surface area contributed by atoms with Crippen LogP contribution in [-0.2, 0) is 11.2 Å². The summed E-state index contributed by atoms with van der Waals surface area (Å²) >= 11 is 0. The van der Waals surface area contributed by atoms with E-state index in [1.54, 1.807) is 12.1 Å². The van der Waals surface area contributed by atoms with Crippen LogP contribution in [-0.4, -0.2) is 29.2 Å². The minimum Gasteiger partial charge on any atom is -0.504 e. The minimum atomic E-state index is -1.00. The summed E-state index contributed by atoms with van der Waals surface area (Å²) < 4.78 is 5.04. The zero-order valence-electron chi connectivity index (χ0n) is 14.7. The van der Waals surface area contributed by atoms with Gasteiger partial charge in [0.1, 0.15) is 6.10 Å². The van der Waals surface area contributed by atoms with Gasteiger partial charge in [0, 0.05) is 12.8 Å². The highest BCUT2D eigenvalue weighted by atomic mass is 16.5. The lowest BCUT2D eigenvalue weighted by Gasteiger charge is -2.15. The number of carbonyl (C=O) groups excluding carboxylic acids is 1. The number of hydrogen-bond donors (Lipinski definition) is 2. The van der Waals surface area contributed by atoms with Gasteiger partial charge in [-0.15, -0.1) is 0 Å². The Morgan fingerprint density at radius 3 is 2.52 bits per heavy atom. The lowest BCUT2D eigenvalue weighted by atomic mass is 9.93. The van der Waals surface area contributed by atoms with E-state index in [2.05, 4.69) is 20.8 Å². The quantitative estimate of drug-likeness (QED) is 0.689. The van der Waals surface area contributed by atoms with Crippen molar-refractivity contribution < 1.29 is 19.7 Å². The highest BCUT2D eigenvalue weighted by molar-refractivity contribution is 5.83. The fourth-order valence-electron chi connectivity index (χ4n) is 2.64. The van der Waals surface area contributed by atoms with Crippen LogP contribution in [0.4, 0.5) is 0 Å². The largest absolute Gasteiger partial charge is 0.504 e. The molecule has 0 spiro atoms. The molecule has 0 heterocycles. The first-order valence-corrected chi connectivity index (χ1v) is 8.40. The van der Waals surface area contributed by atoms with Gasteiger partial charge in [0.05, 0.1) is 7.11 Å². The summed E-state index contributed by atoms with van der Waals surface area (Å²) in [6.45, 7) is 6.46. The molecule has 0 unspecified atom stereocenters. The van der Waals surface area contributed by atoms with E-state index in [1.807, 2.05) is 0 Å². The third-order valence-electron chi connectivity index (χ3n) is 4.07. The van der Waals surface area contributed by atoms with Crippen molar-refractivity contribution in [3.05, 3.63) is 23.8 Å². The Hall–Kier alpha value is -1.55. The second kappa shape index (κ2) is 9.56. The molecule has 0 aromatic heterocycles. The van der Waals surface area contributed by atoms with Gasteiger partial charge in [-0.05, 0) is 29.5 Å². The number of hydrogen-bond acceptors (Lipinski definition) is 4. The summed E-state index contributed by atoms with van der Waals surface area (Å²) in [6.07, 6.45) is 2.97. The molecule has 0 aliphatic heterocycles. The first-order valence-electron chi connectivity index (χ1n) is 8.40. The van der Waals surface area contributed by atoms with Gasteiger partial charge in [-0.2, -0.15) is 0 Å². The van der Waals surface area contributed by atoms with Crippen molar-refractivity contribution in [1.82, 2.24) is 0 Å². The molecular weight excluding hydrogens is 292 g/mol. The molecule has 0 fully saturated rings. The topological polar surface area (TPSA) is 66.8 Å². The SMILES string of the molecule is COc1cc(C[C@@H](O)C(=O)C[C@@H](C)CCCC(C)C)ccc1O. The smallest absolute Gasteiger partial charge is 0.161 e. The third-order valence-corrected chi connectivity index (χ3v) is 4.07. The third kappa shape index (κ3) is 7.04. The Balaban J connectivity index is 2.47. The molecule has 2 atom stereocenters. The van der Waals surface area contributed by atoms with Crippen LogP contribution >= 0.6 is 0 Å². The standard InChI is InChI=1S/C19H30O4/c1-13(2)6-5-7-14(3)10-17(21)18(22)11-15-8-9-16(20)19(12-15)23-4/h8-9,12-14,18,20,22H,5-7,10-11H2,1-4H3/t14-,18+/m0/s1. The molecule has 1 aromatic rings. The van der Waals surface area contributed by atoms with Crippen LogP contribution in [0.2, 0.25) is 0 Å². The first-order chi connectivity index (χ1) is 10.8. The maximum Gasteiger partial charge on any atom is 0.161 e. The number of aliphatic hydroxyl groups is 1. The lowest BCUT2D eigenvalue weighted by molar-refractivity contribution is -0.127. The summed E-state index contributed by atoms with van der Waals surface area (Å²) in [5.41, 5.74) is 0.771. The zero-order chi connectivity index (χ0) is 17.4. The molecule has 0 saturated carbocycles. The first kappa shape index (κ1) is 19.5. The Kier molecular flexibility index (Phi) is 8.10. The molecule has 0 amide bonds. The second-order valence-electron chi connectivity index (χ2n) is 6.83. The number of aromatic hydroxyl groups is 1. The van der Waals surface area contributed by atoms with Crippen LogP contribution in [0.1, 0.15) is 52.0 Å². The van der Waals surface area contributed by atoms with Crippen molar-refractivity contribution in [3.8, 4) is 11.5 Å². The maximum atomic E-state index is 12.1. The second-order valence-corrected chi connectivity index (χ2v) is 6.83. The Bertz CT molecular complexity index is 496. The fourth-order valence-corrected chi connectivity index (χ4v) is 2.64. The van der Waals surface area contributed by atoms with Gasteiger partial charge in [-0.1, -0.05) is 46.1 Å². The normalized spacial score (nSPS) is 13.8. The lowest BCUT2D eigenvalue weighted by Crippen LogP contribution is -2.24.